The first-order valence-corrected chi connectivity index (χ1v) is 10.7. The highest BCUT2D eigenvalue weighted by molar-refractivity contribution is 5.94. The number of carbonyl (C=O) groups is 1. The number of anilines is 1. The van der Waals surface area contributed by atoms with Crippen LogP contribution in [0.5, 0.6) is 0 Å². The van der Waals surface area contributed by atoms with Crippen LogP contribution in [0.1, 0.15) is 16.3 Å². The number of aromatic nitrogens is 6. The maximum atomic E-state index is 13.2. The molecule has 1 aromatic carbocycles. The quantitative estimate of drug-likeness (QED) is 0.479. The van der Waals surface area contributed by atoms with Crippen molar-refractivity contribution in [1.29, 1.82) is 0 Å². The van der Waals surface area contributed by atoms with E-state index in [1.165, 1.54) is 12.1 Å². The van der Waals surface area contributed by atoms with Crippen LogP contribution in [0.15, 0.2) is 54.9 Å². The van der Waals surface area contributed by atoms with E-state index >= 15 is 0 Å². The van der Waals surface area contributed by atoms with Crippen LogP contribution in [0.25, 0.3) is 17.1 Å². The van der Waals surface area contributed by atoms with Gasteiger partial charge in [0, 0.05) is 57.3 Å². The largest absolute Gasteiger partial charge is 0.353 e. The maximum absolute atomic E-state index is 13.2. The molecular weight excluding hydrogens is 423 g/mol. The summed E-state index contributed by atoms with van der Waals surface area (Å²) in [6.45, 7) is 4.30. The zero-order chi connectivity index (χ0) is 22.9. The van der Waals surface area contributed by atoms with Crippen LogP contribution in [0.4, 0.5) is 10.2 Å². The van der Waals surface area contributed by atoms with Crippen LogP contribution in [0.3, 0.4) is 0 Å². The van der Waals surface area contributed by atoms with Gasteiger partial charge in [-0.05, 0) is 43.3 Å². The summed E-state index contributed by atoms with van der Waals surface area (Å²) in [6, 6.07) is 11.6. The predicted molar refractivity (Wildman–Crippen MR) is 121 cm³/mol. The molecule has 3 aromatic heterocycles. The van der Waals surface area contributed by atoms with Crippen LogP contribution in [0, 0.1) is 12.7 Å². The second-order valence-corrected chi connectivity index (χ2v) is 7.91. The fourth-order valence-corrected chi connectivity index (χ4v) is 3.95. The monoisotopic (exact) mass is 446 g/mol. The third kappa shape index (κ3) is 4.19. The fourth-order valence-electron chi connectivity index (χ4n) is 3.95. The zero-order valence-corrected chi connectivity index (χ0v) is 18.4. The van der Waals surface area contributed by atoms with Crippen molar-refractivity contribution in [2.45, 2.75) is 6.92 Å². The Morgan fingerprint density at radius 1 is 1.00 bits per heavy atom. The van der Waals surface area contributed by atoms with E-state index in [9.17, 15) is 9.18 Å². The summed E-state index contributed by atoms with van der Waals surface area (Å²) in [6.07, 6.45) is 3.55. The highest BCUT2D eigenvalue weighted by atomic mass is 19.1. The van der Waals surface area contributed by atoms with Crippen LogP contribution >= 0.6 is 0 Å². The summed E-state index contributed by atoms with van der Waals surface area (Å²) in [5.74, 6) is 1.82. The Hall–Kier alpha value is -4.08. The van der Waals surface area contributed by atoms with Gasteiger partial charge in [0.1, 0.15) is 23.2 Å². The molecule has 1 amide bonds. The normalized spacial score (nSPS) is 14.0. The number of carbonyl (C=O) groups excluding carboxylic acids is 1. The van der Waals surface area contributed by atoms with E-state index in [1.54, 1.807) is 40.8 Å². The molecule has 1 saturated heterocycles. The van der Waals surface area contributed by atoms with Crippen molar-refractivity contribution in [2.24, 2.45) is 7.05 Å². The summed E-state index contributed by atoms with van der Waals surface area (Å²) in [7, 11) is 1.75. The number of benzene rings is 1. The molecule has 0 atom stereocenters. The van der Waals surface area contributed by atoms with Crippen molar-refractivity contribution >= 4 is 11.7 Å². The SMILES string of the molecule is Cc1nc(N2CCN(C(=O)c3cc(-c4ccc(F)cc4)nn3C)CC2)cc(-n2cccn2)n1. The fraction of sp³-hybridized carbons (Fsp3) is 0.261. The van der Waals surface area contributed by atoms with E-state index in [1.807, 2.05) is 30.2 Å². The van der Waals surface area contributed by atoms with E-state index in [0.717, 1.165) is 11.4 Å². The maximum Gasteiger partial charge on any atom is 0.272 e. The van der Waals surface area contributed by atoms with Crippen molar-refractivity contribution in [1.82, 2.24) is 34.4 Å². The third-order valence-electron chi connectivity index (χ3n) is 5.68. The van der Waals surface area contributed by atoms with Crippen molar-refractivity contribution in [3.05, 3.63) is 72.2 Å². The van der Waals surface area contributed by atoms with Gasteiger partial charge in [-0.25, -0.2) is 19.0 Å². The lowest BCUT2D eigenvalue weighted by Gasteiger charge is -2.35. The summed E-state index contributed by atoms with van der Waals surface area (Å²) in [4.78, 5) is 26.2. The molecule has 0 saturated carbocycles. The Bertz CT molecular complexity index is 1270. The van der Waals surface area contributed by atoms with E-state index < -0.39 is 0 Å². The number of halogens is 1. The lowest BCUT2D eigenvalue weighted by molar-refractivity contribution is 0.0735. The van der Waals surface area contributed by atoms with Gasteiger partial charge in [0.25, 0.3) is 5.91 Å². The molecule has 10 heteroatoms. The number of hydrogen-bond acceptors (Lipinski definition) is 6. The lowest BCUT2D eigenvalue weighted by atomic mass is 10.1. The van der Waals surface area contributed by atoms with Gasteiger partial charge in [0.15, 0.2) is 5.82 Å². The Morgan fingerprint density at radius 3 is 2.42 bits per heavy atom. The molecule has 0 radical (unpaired) electrons. The molecular formula is C23H23FN8O. The van der Waals surface area contributed by atoms with Crippen LogP contribution in [-0.4, -0.2) is 66.5 Å². The van der Waals surface area contributed by atoms with Crippen molar-refractivity contribution in [3.63, 3.8) is 0 Å². The third-order valence-corrected chi connectivity index (χ3v) is 5.68. The highest BCUT2D eigenvalue weighted by Crippen LogP contribution is 2.22. The Balaban J connectivity index is 1.29. The number of aryl methyl sites for hydroxylation is 2. The molecule has 1 fully saturated rings. The first kappa shape index (κ1) is 20.8. The molecule has 1 aliphatic heterocycles. The Labute approximate surface area is 190 Å². The molecule has 0 unspecified atom stereocenters. The minimum atomic E-state index is -0.306. The average Bonchev–Trinajstić information content (AvgIpc) is 3.49. The number of piperazine rings is 1. The molecule has 0 bridgehead atoms. The molecule has 0 spiro atoms. The Kier molecular flexibility index (Phi) is 5.33. The van der Waals surface area contributed by atoms with E-state index in [4.69, 9.17) is 0 Å². The van der Waals surface area contributed by atoms with Crippen molar-refractivity contribution < 1.29 is 9.18 Å². The summed E-state index contributed by atoms with van der Waals surface area (Å²) in [5, 5.41) is 8.69. The second-order valence-electron chi connectivity index (χ2n) is 7.91. The minimum absolute atomic E-state index is 0.0749. The predicted octanol–water partition coefficient (Wildman–Crippen LogP) is 2.47. The molecule has 0 aliphatic carbocycles. The van der Waals surface area contributed by atoms with Crippen molar-refractivity contribution in [3.8, 4) is 17.1 Å². The second kappa shape index (κ2) is 8.45. The first-order chi connectivity index (χ1) is 16.0. The van der Waals surface area contributed by atoms with Gasteiger partial charge >= 0.3 is 0 Å². The van der Waals surface area contributed by atoms with Gasteiger partial charge in [-0.1, -0.05) is 0 Å². The molecule has 9 nitrogen and oxygen atoms in total. The average molecular weight is 446 g/mol. The van der Waals surface area contributed by atoms with Crippen LogP contribution in [-0.2, 0) is 7.05 Å². The Morgan fingerprint density at radius 2 is 1.73 bits per heavy atom. The summed E-state index contributed by atoms with van der Waals surface area (Å²) < 4.78 is 16.5. The van der Waals surface area contributed by atoms with E-state index in [2.05, 4.69) is 25.1 Å². The summed E-state index contributed by atoms with van der Waals surface area (Å²) in [5.41, 5.74) is 1.91. The van der Waals surface area contributed by atoms with Crippen LogP contribution < -0.4 is 4.90 Å². The van der Waals surface area contributed by atoms with Gasteiger partial charge in [-0.3, -0.25) is 9.48 Å². The zero-order valence-electron chi connectivity index (χ0n) is 18.4. The number of nitrogens with zero attached hydrogens (tertiary/aromatic N) is 8. The topological polar surface area (TPSA) is 85.0 Å². The molecule has 168 valence electrons. The molecule has 4 aromatic rings. The number of amides is 1. The van der Waals surface area contributed by atoms with Crippen molar-refractivity contribution in [2.75, 3.05) is 31.1 Å². The lowest BCUT2D eigenvalue weighted by Crippen LogP contribution is -2.49. The van der Waals surface area contributed by atoms with Gasteiger partial charge in [-0.15, -0.1) is 0 Å². The van der Waals surface area contributed by atoms with E-state index in [-0.39, 0.29) is 11.7 Å². The number of rotatable bonds is 4. The smallest absolute Gasteiger partial charge is 0.272 e. The van der Waals surface area contributed by atoms with Gasteiger partial charge in [0.2, 0.25) is 0 Å². The first-order valence-electron chi connectivity index (χ1n) is 10.7. The van der Waals surface area contributed by atoms with Gasteiger partial charge < -0.3 is 9.80 Å². The molecule has 1 aliphatic rings. The van der Waals surface area contributed by atoms with Gasteiger partial charge in [0.05, 0.1) is 5.69 Å². The van der Waals surface area contributed by atoms with Gasteiger partial charge in [-0.2, -0.15) is 10.2 Å². The molecule has 5 rings (SSSR count). The molecule has 0 N–H and O–H groups in total. The highest BCUT2D eigenvalue weighted by Gasteiger charge is 2.26. The number of hydrogen-bond donors (Lipinski definition) is 0. The minimum Gasteiger partial charge on any atom is -0.353 e. The summed E-state index contributed by atoms with van der Waals surface area (Å²) >= 11 is 0. The molecule has 33 heavy (non-hydrogen) atoms. The molecule has 4 heterocycles. The van der Waals surface area contributed by atoms with E-state index in [0.29, 0.717) is 49.2 Å². The standard InChI is InChI=1S/C23H23FN8O/c1-16-26-21(15-22(27-16)32-9-3-8-25-32)30-10-12-31(13-11-30)23(33)20-14-19(28-29(20)2)17-4-6-18(24)7-5-17/h3-9,14-15H,10-13H2,1-2H3. The van der Waals surface area contributed by atoms with Crippen LogP contribution in [0.2, 0.25) is 0 Å².